The zero-order chi connectivity index (χ0) is 21.6. The summed E-state index contributed by atoms with van der Waals surface area (Å²) in [5.74, 6) is -0.283. The fraction of sp³-hybridized carbons (Fsp3) is 0.100. The SMILES string of the molecule is Cn1cnnc1SCC(=O)Nc1cccc(C(=O)Nc2ccc(-c3csnn3)cc2)c1. The van der Waals surface area contributed by atoms with Crippen molar-refractivity contribution in [1.29, 1.82) is 0 Å². The predicted octanol–water partition coefficient (Wildman–Crippen LogP) is 3.32. The Hall–Kier alpha value is -3.57. The molecule has 0 saturated heterocycles. The standard InChI is InChI=1S/C20H17N7O2S2/c1-27-12-21-25-20(27)30-11-18(28)22-16-4-2-3-14(9-16)19(29)23-15-7-5-13(6-8-15)17-10-31-26-24-17/h2-10,12H,11H2,1H3,(H,22,28)(H,23,29). The van der Waals surface area contributed by atoms with Crippen molar-refractivity contribution in [2.45, 2.75) is 5.16 Å². The summed E-state index contributed by atoms with van der Waals surface area (Å²) in [7, 11) is 1.81. The van der Waals surface area contributed by atoms with Crippen LogP contribution in [0, 0.1) is 0 Å². The molecule has 2 N–H and O–H groups in total. The van der Waals surface area contributed by atoms with Gasteiger partial charge in [-0.05, 0) is 41.9 Å². The molecule has 0 spiro atoms. The number of rotatable bonds is 7. The van der Waals surface area contributed by atoms with Crippen molar-refractivity contribution in [2.24, 2.45) is 7.05 Å². The minimum Gasteiger partial charge on any atom is -0.325 e. The van der Waals surface area contributed by atoms with Gasteiger partial charge in [-0.15, -0.1) is 15.3 Å². The molecule has 156 valence electrons. The monoisotopic (exact) mass is 451 g/mol. The molecule has 0 atom stereocenters. The Morgan fingerprint density at radius 1 is 1.06 bits per heavy atom. The number of hydrogen-bond acceptors (Lipinski definition) is 8. The van der Waals surface area contributed by atoms with Crippen LogP contribution in [0.5, 0.6) is 0 Å². The van der Waals surface area contributed by atoms with Gasteiger partial charge in [-0.2, -0.15) is 0 Å². The van der Waals surface area contributed by atoms with Crippen molar-refractivity contribution in [3.05, 3.63) is 65.8 Å². The summed E-state index contributed by atoms with van der Waals surface area (Å²) >= 11 is 2.57. The van der Waals surface area contributed by atoms with Crippen LogP contribution in [0.3, 0.4) is 0 Å². The molecular weight excluding hydrogens is 434 g/mol. The summed E-state index contributed by atoms with van der Waals surface area (Å²) in [5, 5.41) is 19.9. The minimum atomic E-state index is -0.271. The Kier molecular flexibility index (Phi) is 6.34. The number of anilines is 2. The second-order valence-corrected chi connectivity index (χ2v) is 8.02. The van der Waals surface area contributed by atoms with E-state index in [0.29, 0.717) is 22.1 Å². The third-order valence-electron chi connectivity index (χ3n) is 4.21. The molecule has 9 nitrogen and oxygen atoms in total. The molecule has 2 aromatic heterocycles. The highest BCUT2D eigenvalue weighted by Gasteiger charge is 2.11. The zero-order valence-electron chi connectivity index (χ0n) is 16.3. The highest BCUT2D eigenvalue weighted by atomic mass is 32.2. The molecule has 11 heteroatoms. The molecular formula is C20H17N7O2S2. The van der Waals surface area contributed by atoms with E-state index in [1.54, 1.807) is 35.2 Å². The fourth-order valence-corrected chi connectivity index (χ4v) is 3.84. The van der Waals surface area contributed by atoms with E-state index in [9.17, 15) is 9.59 Å². The number of nitrogens with zero attached hydrogens (tertiary/aromatic N) is 5. The lowest BCUT2D eigenvalue weighted by Crippen LogP contribution is -2.16. The fourth-order valence-electron chi connectivity index (χ4n) is 2.69. The van der Waals surface area contributed by atoms with E-state index >= 15 is 0 Å². The molecule has 0 fully saturated rings. The van der Waals surface area contributed by atoms with Gasteiger partial charge in [0.15, 0.2) is 5.16 Å². The number of carbonyl (C=O) groups excluding carboxylic acids is 2. The number of nitrogens with one attached hydrogen (secondary N) is 2. The van der Waals surface area contributed by atoms with Crippen LogP contribution in [-0.2, 0) is 11.8 Å². The number of hydrogen-bond donors (Lipinski definition) is 2. The summed E-state index contributed by atoms with van der Waals surface area (Å²) in [6.45, 7) is 0. The molecule has 4 rings (SSSR count). The van der Waals surface area contributed by atoms with Gasteiger partial charge in [0.1, 0.15) is 12.0 Å². The third-order valence-corrected chi connectivity index (χ3v) is 5.75. The van der Waals surface area contributed by atoms with E-state index in [1.807, 2.05) is 36.7 Å². The van der Waals surface area contributed by atoms with E-state index in [-0.39, 0.29) is 17.6 Å². The third kappa shape index (κ3) is 5.32. The normalized spacial score (nSPS) is 10.6. The Morgan fingerprint density at radius 2 is 1.90 bits per heavy atom. The molecule has 0 saturated carbocycles. The number of carbonyl (C=O) groups is 2. The van der Waals surface area contributed by atoms with Gasteiger partial charge in [0.05, 0.1) is 5.75 Å². The van der Waals surface area contributed by atoms with Crippen LogP contribution in [-0.4, -0.2) is 41.9 Å². The van der Waals surface area contributed by atoms with Crippen molar-refractivity contribution in [3.8, 4) is 11.3 Å². The molecule has 0 radical (unpaired) electrons. The molecule has 2 amide bonds. The van der Waals surface area contributed by atoms with Gasteiger partial charge < -0.3 is 15.2 Å². The molecule has 2 heterocycles. The summed E-state index contributed by atoms with van der Waals surface area (Å²) in [6.07, 6.45) is 1.58. The van der Waals surface area contributed by atoms with Crippen molar-refractivity contribution >= 4 is 46.5 Å². The van der Waals surface area contributed by atoms with E-state index in [4.69, 9.17) is 0 Å². The molecule has 0 aliphatic heterocycles. The maximum atomic E-state index is 12.6. The first-order valence-corrected chi connectivity index (χ1v) is 11.0. The topological polar surface area (TPSA) is 115 Å². The van der Waals surface area contributed by atoms with Gasteiger partial charge in [0, 0.05) is 34.9 Å². The molecule has 0 bridgehead atoms. The highest BCUT2D eigenvalue weighted by molar-refractivity contribution is 7.99. The number of aryl methyl sites for hydroxylation is 1. The molecule has 0 unspecified atom stereocenters. The molecule has 4 aromatic rings. The summed E-state index contributed by atoms with van der Waals surface area (Å²) in [5.41, 5.74) is 3.36. The van der Waals surface area contributed by atoms with Crippen molar-refractivity contribution in [2.75, 3.05) is 16.4 Å². The van der Waals surface area contributed by atoms with Gasteiger partial charge in [0.2, 0.25) is 5.91 Å². The van der Waals surface area contributed by atoms with Crippen molar-refractivity contribution in [1.82, 2.24) is 24.4 Å². The molecule has 31 heavy (non-hydrogen) atoms. The Morgan fingerprint density at radius 3 is 2.61 bits per heavy atom. The number of thioether (sulfide) groups is 1. The lowest BCUT2D eigenvalue weighted by Gasteiger charge is -2.09. The van der Waals surface area contributed by atoms with E-state index in [2.05, 4.69) is 30.4 Å². The van der Waals surface area contributed by atoms with Crippen molar-refractivity contribution in [3.63, 3.8) is 0 Å². The Balaban J connectivity index is 1.35. The Bertz CT molecular complexity index is 1190. The summed E-state index contributed by atoms with van der Waals surface area (Å²) < 4.78 is 5.59. The van der Waals surface area contributed by atoms with Gasteiger partial charge >= 0.3 is 0 Å². The quantitative estimate of drug-likeness (QED) is 0.414. The predicted molar refractivity (Wildman–Crippen MR) is 120 cm³/mol. The maximum Gasteiger partial charge on any atom is 0.255 e. The summed E-state index contributed by atoms with van der Waals surface area (Å²) in [6, 6.07) is 14.1. The number of amides is 2. The van der Waals surface area contributed by atoms with Crippen LogP contribution >= 0.6 is 23.3 Å². The van der Waals surface area contributed by atoms with Crippen LogP contribution in [0.1, 0.15) is 10.4 Å². The first-order valence-electron chi connectivity index (χ1n) is 9.14. The Labute approximate surface area is 186 Å². The second kappa shape index (κ2) is 9.49. The van der Waals surface area contributed by atoms with Gasteiger partial charge in [-0.1, -0.05) is 34.4 Å². The van der Waals surface area contributed by atoms with Gasteiger partial charge in [0.25, 0.3) is 5.91 Å². The molecule has 2 aromatic carbocycles. The second-order valence-electron chi connectivity index (χ2n) is 6.46. The average molecular weight is 452 g/mol. The van der Waals surface area contributed by atoms with E-state index < -0.39 is 0 Å². The largest absolute Gasteiger partial charge is 0.325 e. The first kappa shape index (κ1) is 20.7. The van der Waals surface area contributed by atoms with E-state index in [0.717, 1.165) is 11.3 Å². The number of aromatic nitrogens is 5. The number of benzene rings is 2. The molecule has 0 aliphatic carbocycles. The summed E-state index contributed by atoms with van der Waals surface area (Å²) in [4.78, 5) is 24.8. The first-order chi connectivity index (χ1) is 15.1. The smallest absolute Gasteiger partial charge is 0.255 e. The molecule has 0 aliphatic rings. The minimum absolute atomic E-state index is 0.184. The van der Waals surface area contributed by atoms with Crippen LogP contribution in [0.25, 0.3) is 11.3 Å². The van der Waals surface area contributed by atoms with Gasteiger partial charge in [-0.3, -0.25) is 9.59 Å². The highest BCUT2D eigenvalue weighted by Crippen LogP contribution is 2.21. The van der Waals surface area contributed by atoms with Crippen LogP contribution in [0.2, 0.25) is 0 Å². The maximum absolute atomic E-state index is 12.6. The average Bonchev–Trinajstić information content (AvgIpc) is 3.45. The van der Waals surface area contributed by atoms with E-state index in [1.165, 1.54) is 23.3 Å². The van der Waals surface area contributed by atoms with Gasteiger partial charge in [-0.25, -0.2) is 0 Å². The zero-order valence-corrected chi connectivity index (χ0v) is 18.0. The van der Waals surface area contributed by atoms with Crippen LogP contribution < -0.4 is 10.6 Å². The van der Waals surface area contributed by atoms with Crippen LogP contribution in [0.4, 0.5) is 11.4 Å². The lowest BCUT2D eigenvalue weighted by molar-refractivity contribution is -0.113. The lowest BCUT2D eigenvalue weighted by atomic mass is 10.1. The van der Waals surface area contributed by atoms with Crippen LogP contribution in [0.15, 0.2) is 65.4 Å². The van der Waals surface area contributed by atoms with Crippen molar-refractivity contribution < 1.29 is 9.59 Å².